The standard InChI is InChI=1S/C29H25ClN2O4/c1-18-15-24(30)12-13-25(18)26(16-27(31-36)23-11-14-28(33)32(2)17-23)21-7-3-19(4-8-21)20-5-9-22(10-6-20)29(34)35/h3-15,17,26,36H,16H2,1-2H3,(H,34,35)/b31-27+. The van der Waals surface area contributed by atoms with Crippen LogP contribution in [0.15, 0.2) is 95.0 Å². The van der Waals surface area contributed by atoms with E-state index in [-0.39, 0.29) is 17.0 Å². The Kier molecular flexibility index (Phi) is 7.36. The number of aromatic nitrogens is 1. The van der Waals surface area contributed by atoms with E-state index in [1.54, 1.807) is 43.6 Å². The van der Waals surface area contributed by atoms with E-state index >= 15 is 0 Å². The number of aromatic carboxylic acids is 1. The van der Waals surface area contributed by atoms with Crippen LogP contribution in [-0.4, -0.2) is 26.6 Å². The average molecular weight is 501 g/mol. The lowest BCUT2D eigenvalue weighted by Crippen LogP contribution is -2.18. The van der Waals surface area contributed by atoms with E-state index in [1.165, 1.54) is 10.6 Å². The van der Waals surface area contributed by atoms with Gasteiger partial charge in [0.15, 0.2) is 0 Å². The Labute approximate surface area is 213 Å². The van der Waals surface area contributed by atoms with Crippen LogP contribution in [0.4, 0.5) is 0 Å². The lowest BCUT2D eigenvalue weighted by atomic mass is 9.83. The van der Waals surface area contributed by atoms with E-state index in [9.17, 15) is 14.8 Å². The van der Waals surface area contributed by atoms with E-state index < -0.39 is 5.97 Å². The zero-order valence-electron chi connectivity index (χ0n) is 19.9. The molecule has 0 saturated heterocycles. The first-order chi connectivity index (χ1) is 17.3. The molecule has 7 heteroatoms. The van der Waals surface area contributed by atoms with E-state index in [2.05, 4.69) is 5.16 Å². The van der Waals surface area contributed by atoms with Crippen LogP contribution in [0.5, 0.6) is 0 Å². The van der Waals surface area contributed by atoms with Crippen molar-refractivity contribution in [1.29, 1.82) is 0 Å². The third kappa shape index (κ3) is 5.39. The number of pyridine rings is 1. The molecular formula is C29H25ClN2O4. The molecule has 1 unspecified atom stereocenters. The van der Waals surface area contributed by atoms with Gasteiger partial charge in [-0.15, -0.1) is 0 Å². The molecule has 0 aliphatic heterocycles. The van der Waals surface area contributed by atoms with Gasteiger partial charge in [-0.1, -0.05) is 59.2 Å². The van der Waals surface area contributed by atoms with Crippen LogP contribution in [0.1, 0.15) is 45.0 Å². The van der Waals surface area contributed by atoms with Gasteiger partial charge >= 0.3 is 5.97 Å². The normalized spacial score (nSPS) is 12.4. The number of carbonyl (C=O) groups is 1. The lowest BCUT2D eigenvalue weighted by Gasteiger charge is -2.21. The van der Waals surface area contributed by atoms with Gasteiger partial charge in [0.1, 0.15) is 0 Å². The smallest absolute Gasteiger partial charge is 0.335 e. The Morgan fingerprint density at radius 1 is 0.944 bits per heavy atom. The fourth-order valence-electron chi connectivity index (χ4n) is 4.32. The van der Waals surface area contributed by atoms with Gasteiger partial charge in [0.25, 0.3) is 0 Å². The Hall–Kier alpha value is -4.16. The molecule has 4 aromatic rings. The maximum atomic E-state index is 11.8. The van der Waals surface area contributed by atoms with Crippen molar-refractivity contribution in [3.05, 3.63) is 128 Å². The maximum Gasteiger partial charge on any atom is 0.335 e. The molecule has 0 fully saturated rings. The maximum absolute atomic E-state index is 11.8. The van der Waals surface area contributed by atoms with Crippen molar-refractivity contribution < 1.29 is 15.1 Å². The van der Waals surface area contributed by atoms with Crippen LogP contribution < -0.4 is 5.56 Å². The third-order valence-corrected chi connectivity index (χ3v) is 6.56. The van der Waals surface area contributed by atoms with Crippen molar-refractivity contribution in [3.8, 4) is 11.1 Å². The van der Waals surface area contributed by atoms with Gasteiger partial charge in [-0.05, 0) is 65.1 Å². The highest BCUT2D eigenvalue weighted by Crippen LogP contribution is 2.34. The van der Waals surface area contributed by atoms with Gasteiger partial charge in [0.05, 0.1) is 11.3 Å². The van der Waals surface area contributed by atoms with Crippen LogP contribution in [0, 0.1) is 6.92 Å². The summed E-state index contributed by atoms with van der Waals surface area (Å²) in [6, 6.07) is 23.6. The third-order valence-electron chi connectivity index (χ3n) is 6.32. The van der Waals surface area contributed by atoms with Gasteiger partial charge in [-0.2, -0.15) is 0 Å². The highest BCUT2D eigenvalue weighted by atomic mass is 35.5. The average Bonchev–Trinajstić information content (AvgIpc) is 2.87. The predicted molar refractivity (Wildman–Crippen MR) is 141 cm³/mol. The summed E-state index contributed by atoms with van der Waals surface area (Å²) in [4.78, 5) is 23.0. The quantitative estimate of drug-likeness (QED) is 0.182. The summed E-state index contributed by atoms with van der Waals surface area (Å²) in [5.74, 6) is -1.10. The first kappa shape index (κ1) is 24.9. The van der Waals surface area contributed by atoms with Gasteiger partial charge in [-0.25, -0.2) is 4.79 Å². The Morgan fingerprint density at radius 2 is 1.56 bits per heavy atom. The number of halogens is 1. The van der Waals surface area contributed by atoms with Crippen molar-refractivity contribution in [2.45, 2.75) is 19.3 Å². The molecule has 0 bridgehead atoms. The molecule has 1 atom stereocenters. The van der Waals surface area contributed by atoms with Gasteiger partial charge in [-0.3, -0.25) is 4.79 Å². The predicted octanol–water partition coefficient (Wildman–Crippen LogP) is 6.11. The number of carboxylic acids is 1. The summed E-state index contributed by atoms with van der Waals surface area (Å²) < 4.78 is 1.45. The van der Waals surface area contributed by atoms with E-state index in [1.807, 2.05) is 49.4 Å². The highest BCUT2D eigenvalue weighted by Gasteiger charge is 2.21. The van der Waals surface area contributed by atoms with Crippen molar-refractivity contribution >= 4 is 23.3 Å². The fourth-order valence-corrected chi connectivity index (χ4v) is 4.55. The topological polar surface area (TPSA) is 91.9 Å². The molecule has 36 heavy (non-hydrogen) atoms. The number of benzene rings is 3. The number of nitrogens with zero attached hydrogens (tertiary/aromatic N) is 2. The number of oxime groups is 1. The number of hydrogen-bond acceptors (Lipinski definition) is 4. The van der Waals surface area contributed by atoms with Crippen molar-refractivity contribution in [2.75, 3.05) is 0 Å². The molecule has 6 nitrogen and oxygen atoms in total. The number of carboxylic acid groups (broad SMARTS) is 1. The molecule has 2 N–H and O–H groups in total. The molecular weight excluding hydrogens is 476 g/mol. The minimum Gasteiger partial charge on any atom is -0.478 e. The zero-order chi connectivity index (χ0) is 25.8. The Bertz CT molecular complexity index is 1490. The number of rotatable bonds is 7. The monoisotopic (exact) mass is 500 g/mol. The molecule has 1 aromatic heterocycles. The van der Waals surface area contributed by atoms with Gasteiger partial charge in [0, 0.05) is 42.2 Å². The molecule has 0 radical (unpaired) electrons. The molecule has 0 amide bonds. The summed E-state index contributed by atoms with van der Waals surface area (Å²) in [6.07, 6.45) is 2.05. The van der Waals surface area contributed by atoms with E-state index in [0.29, 0.717) is 22.7 Å². The molecule has 0 saturated carbocycles. The Balaban J connectivity index is 1.72. The first-order valence-corrected chi connectivity index (χ1v) is 11.7. The van der Waals surface area contributed by atoms with Crippen molar-refractivity contribution in [3.63, 3.8) is 0 Å². The summed E-state index contributed by atoms with van der Waals surface area (Å²) in [6.45, 7) is 1.99. The SMILES string of the molecule is Cc1cc(Cl)ccc1C(C/C(=N\O)c1ccc(=O)n(C)c1)c1ccc(-c2ccc(C(=O)O)cc2)cc1. The number of hydrogen-bond donors (Lipinski definition) is 2. The van der Waals surface area contributed by atoms with Crippen molar-refractivity contribution in [2.24, 2.45) is 12.2 Å². The summed E-state index contributed by atoms with van der Waals surface area (Å²) in [5.41, 5.74) is 6.14. The second-order valence-electron chi connectivity index (χ2n) is 8.68. The van der Waals surface area contributed by atoms with Crippen LogP contribution in [0.2, 0.25) is 5.02 Å². The largest absolute Gasteiger partial charge is 0.478 e. The fraction of sp³-hybridized carbons (Fsp3) is 0.138. The second-order valence-corrected chi connectivity index (χ2v) is 9.11. The zero-order valence-corrected chi connectivity index (χ0v) is 20.6. The van der Waals surface area contributed by atoms with Crippen LogP contribution in [0.25, 0.3) is 11.1 Å². The van der Waals surface area contributed by atoms with Crippen LogP contribution in [0.3, 0.4) is 0 Å². The van der Waals surface area contributed by atoms with E-state index in [4.69, 9.17) is 16.7 Å². The molecule has 4 rings (SSSR count). The highest BCUT2D eigenvalue weighted by molar-refractivity contribution is 6.30. The molecule has 182 valence electrons. The second kappa shape index (κ2) is 10.6. The minimum absolute atomic E-state index is 0.145. The summed E-state index contributed by atoms with van der Waals surface area (Å²) in [7, 11) is 1.66. The van der Waals surface area contributed by atoms with Gasteiger partial charge in [0.2, 0.25) is 5.56 Å². The number of aryl methyl sites for hydroxylation is 2. The Morgan fingerprint density at radius 3 is 2.11 bits per heavy atom. The summed E-state index contributed by atoms with van der Waals surface area (Å²) in [5, 5.41) is 23.3. The molecule has 0 aliphatic carbocycles. The molecule has 3 aromatic carbocycles. The van der Waals surface area contributed by atoms with Crippen LogP contribution in [-0.2, 0) is 7.05 Å². The van der Waals surface area contributed by atoms with Crippen molar-refractivity contribution in [1.82, 2.24) is 4.57 Å². The summed E-state index contributed by atoms with van der Waals surface area (Å²) >= 11 is 6.22. The van der Waals surface area contributed by atoms with E-state index in [0.717, 1.165) is 27.8 Å². The molecule has 1 heterocycles. The minimum atomic E-state index is -0.960. The molecule has 0 aliphatic rings. The molecule has 0 spiro atoms. The first-order valence-electron chi connectivity index (χ1n) is 11.3. The van der Waals surface area contributed by atoms with Crippen LogP contribution >= 0.6 is 11.6 Å². The van der Waals surface area contributed by atoms with Gasteiger partial charge < -0.3 is 14.9 Å². The lowest BCUT2D eigenvalue weighted by molar-refractivity contribution is 0.0697.